The summed E-state index contributed by atoms with van der Waals surface area (Å²) < 4.78 is 2.36. The van der Waals surface area contributed by atoms with Crippen LogP contribution >= 0.6 is 0 Å². The van der Waals surface area contributed by atoms with E-state index in [0.29, 0.717) is 0 Å². The Balaban J connectivity index is 1.05. The standard InChI is InChI=1S/C54H36N4/c1-4-17-38(18-5-1)53-52(55-49-28-15-27-47(54(49)56-53)45-26-14-19-37-16-10-11-24-44(37)45)39-30-32-42(33-31-39)57(40-20-6-2-7-21-40)43-34-35-51-48(36-43)46-25-12-13-29-50(46)58(51)41-22-8-3-9-23-41/h1-36H. The van der Waals surface area contributed by atoms with Crippen molar-refractivity contribution in [1.29, 1.82) is 0 Å². The molecule has 0 aliphatic heterocycles. The van der Waals surface area contributed by atoms with Crippen LogP contribution < -0.4 is 4.90 Å². The number of anilines is 3. The summed E-state index contributed by atoms with van der Waals surface area (Å²) in [7, 11) is 0. The molecule has 0 saturated heterocycles. The van der Waals surface area contributed by atoms with Crippen LogP contribution in [-0.4, -0.2) is 14.5 Å². The minimum absolute atomic E-state index is 0.849. The van der Waals surface area contributed by atoms with Crippen molar-refractivity contribution >= 4 is 60.7 Å². The van der Waals surface area contributed by atoms with Crippen LogP contribution in [0.15, 0.2) is 218 Å². The summed E-state index contributed by atoms with van der Waals surface area (Å²) in [6.07, 6.45) is 0. The van der Waals surface area contributed by atoms with E-state index in [-0.39, 0.29) is 0 Å². The van der Waals surface area contributed by atoms with E-state index in [2.05, 4.69) is 222 Å². The molecule has 0 unspecified atom stereocenters. The highest BCUT2D eigenvalue weighted by Gasteiger charge is 2.20. The van der Waals surface area contributed by atoms with Gasteiger partial charge in [0.1, 0.15) is 0 Å². The molecule has 2 aromatic heterocycles. The number of rotatable bonds is 7. The molecular weight excluding hydrogens is 705 g/mol. The minimum atomic E-state index is 0.849. The van der Waals surface area contributed by atoms with Crippen molar-refractivity contribution in [1.82, 2.24) is 14.5 Å². The average Bonchev–Trinajstić information content (AvgIpc) is 3.63. The van der Waals surface area contributed by atoms with Gasteiger partial charge in [-0.1, -0.05) is 152 Å². The Morgan fingerprint density at radius 1 is 0.362 bits per heavy atom. The Morgan fingerprint density at radius 3 is 1.74 bits per heavy atom. The largest absolute Gasteiger partial charge is 0.310 e. The van der Waals surface area contributed by atoms with Gasteiger partial charge in [0.2, 0.25) is 0 Å². The first-order valence-corrected chi connectivity index (χ1v) is 19.7. The van der Waals surface area contributed by atoms with Crippen LogP contribution in [0.5, 0.6) is 0 Å². The van der Waals surface area contributed by atoms with Crippen molar-refractivity contribution in [3.63, 3.8) is 0 Å². The average molecular weight is 741 g/mol. The van der Waals surface area contributed by atoms with E-state index >= 15 is 0 Å². The van der Waals surface area contributed by atoms with Gasteiger partial charge in [-0.05, 0) is 83.1 Å². The molecule has 2 heterocycles. The maximum atomic E-state index is 5.46. The highest BCUT2D eigenvalue weighted by molar-refractivity contribution is 6.11. The number of benzene rings is 9. The van der Waals surface area contributed by atoms with E-state index in [9.17, 15) is 0 Å². The van der Waals surface area contributed by atoms with E-state index in [1.54, 1.807) is 0 Å². The zero-order valence-electron chi connectivity index (χ0n) is 31.6. The summed E-state index contributed by atoms with van der Waals surface area (Å²) in [4.78, 5) is 13.2. The van der Waals surface area contributed by atoms with Gasteiger partial charge in [-0.3, -0.25) is 0 Å². The molecule has 0 radical (unpaired) electrons. The molecule has 0 aliphatic rings. The molecule has 272 valence electrons. The van der Waals surface area contributed by atoms with Crippen LogP contribution in [0, 0.1) is 0 Å². The monoisotopic (exact) mass is 740 g/mol. The normalized spacial score (nSPS) is 11.4. The smallest absolute Gasteiger partial charge is 0.0973 e. The van der Waals surface area contributed by atoms with Gasteiger partial charge in [0.15, 0.2) is 0 Å². The second-order valence-electron chi connectivity index (χ2n) is 14.6. The number of hydrogen-bond donors (Lipinski definition) is 0. The summed E-state index contributed by atoms with van der Waals surface area (Å²) in [6.45, 7) is 0. The Kier molecular flexibility index (Phi) is 8.11. The van der Waals surface area contributed by atoms with E-state index in [1.165, 1.54) is 32.6 Å². The third-order valence-corrected chi connectivity index (χ3v) is 11.2. The zero-order valence-corrected chi connectivity index (χ0v) is 31.6. The molecule has 0 amide bonds. The highest BCUT2D eigenvalue weighted by Crippen LogP contribution is 2.41. The minimum Gasteiger partial charge on any atom is -0.310 e. The van der Waals surface area contributed by atoms with Gasteiger partial charge in [0.05, 0.1) is 33.5 Å². The van der Waals surface area contributed by atoms with Crippen LogP contribution in [0.1, 0.15) is 0 Å². The molecule has 0 N–H and O–H groups in total. The zero-order chi connectivity index (χ0) is 38.4. The summed E-state index contributed by atoms with van der Waals surface area (Å²) in [5.74, 6) is 0. The highest BCUT2D eigenvalue weighted by atomic mass is 15.1. The maximum absolute atomic E-state index is 5.46. The first kappa shape index (κ1) is 33.5. The summed E-state index contributed by atoms with van der Waals surface area (Å²) in [5, 5.41) is 4.83. The van der Waals surface area contributed by atoms with Gasteiger partial charge >= 0.3 is 0 Å². The van der Waals surface area contributed by atoms with E-state index in [0.717, 1.165) is 67.4 Å². The molecule has 0 aliphatic carbocycles. The fourth-order valence-corrected chi connectivity index (χ4v) is 8.50. The van der Waals surface area contributed by atoms with Crippen molar-refractivity contribution in [2.75, 3.05) is 4.90 Å². The second-order valence-corrected chi connectivity index (χ2v) is 14.6. The lowest BCUT2D eigenvalue weighted by Crippen LogP contribution is -2.09. The van der Waals surface area contributed by atoms with Crippen LogP contribution in [0.2, 0.25) is 0 Å². The van der Waals surface area contributed by atoms with Crippen molar-refractivity contribution in [2.45, 2.75) is 0 Å². The summed E-state index contributed by atoms with van der Waals surface area (Å²) in [5.41, 5.74) is 14.4. The molecule has 0 fully saturated rings. The van der Waals surface area contributed by atoms with Gasteiger partial charge in [0, 0.05) is 50.2 Å². The summed E-state index contributed by atoms with van der Waals surface area (Å²) in [6, 6.07) is 77.2. The molecule has 0 bridgehead atoms. The number of hydrogen-bond acceptors (Lipinski definition) is 3. The van der Waals surface area contributed by atoms with E-state index < -0.39 is 0 Å². The predicted octanol–water partition coefficient (Wildman–Crippen LogP) is 14.4. The number of fused-ring (bicyclic) bond motifs is 5. The lowest BCUT2D eigenvalue weighted by molar-refractivity contribution is 1.18. The number of nitrogens with zero attached hydrogens (tertiary/aromatic N) is 4. The number of para-hydroxylation sites is 4. The number of aromatic nitrogens is 3. The quantitative estimate of drug-likeness (QED) is 0.163. The summed E-state index contributed by atoms with van der Waals surface area (Å²) >= 11 is 0. The predicted molar refractivity (Wildman–Crippen MR) is 242 cm³/mol. The molecule has 58 heavy (non-hydrogen) atoms. The third kappa shape index (κ3) is 5.70. The Hall–Kier alpha value is -7.82. The molecule has 11 aromatic rings. The molecule has 0 atom stereocenters. The van der Waals surface area contributed by atoms with Crippen LogP contribution in [0.25, 0.3) is 82.9 Å². The van der Waals surface area contributed by atoms with E-state index in [4.69, 9.17) is 9.97 Å². The first-order chi connectivity index (χ1) is 28.8. The van der Waals surface area contributed by atoms with Crippen molar-refractivity contribution in [2.24, 2.45) is 0 Å². The van der Waals surface area contributed by atoms with Crippen LogP contribution in [0.4, 0.5) is 17.1 Å². The van der Waals surface area contributed by atoms with Gasteiger partial charge in [0.25, 0.3) is 0 Å². The molecule has 4 nitrogen and oxygen atoms in total. The van der Waals surface area contributed by atoms with Gasteiger partial charge in [-0.2, -0.15) is 0 Å². The Morgan fingerprint density at radius 2 is 0.931 bits per heavy atom. The SMILES string of the molecule is c1ccc(-c2nc3c(-c4cccc5ccccc45)cccc3nc2-c2ccc(N(c3ccccc3)c3ccc4c(c3)c3ccccc3n4-c3ccccc3)cc2)cc1. The third-order valence-electron chi connectivity index (χ3n) is 11.2. The Labute approximate surface area is 336 Å². The molecule has 0 saturated carbocycles. The first-order valence-electron chi connectivity index (χ1n) is 19.7. The lowest BCUT2D eigenvalue weighted by Gasteiger charge is -2.26. The van der Waals surface area contributed by atoms with Crippen LogP contribution in [0.3, 0.4) is 0 Å². The van der Waals surface area contributed by atoms with Gasteiger partial charge in [-0.15, -0.1) is 0 Å². The van der Waals surface area contributed by atoms with E-state index in [1.807, 2.05) is 6.07 Å². The van der Waals surface area contributed by atoms with Crippen molar-refractivity contribution in [3.05, 3.63) is 218 Å². The Bertz CT molecular complexity index is 3260. The van der Waals surface area contributed by atoms with Gasteiger partial charge in [-0.25, -0.2) is 9.97 Å². The molecule has 0 spiro atoms. The second kappa shape index (κ2) is 14.0. The molecule has 4 heteroatoms. The van der Waals surface area contributed by atoms with Gasteiger partial charge < -0.3 is 9.47 Å². The van der Waals surface area contributed by atoms with Crippen LogP contribution in [-0.2, 0) is 0 Å². The topological polar surface area (TPSA) is 34.0 Å². The lowest BCUT2D eigenvalue weighted by atomic mass is 9.96. The van der Waals surface area contributed by atoms with Crippen molar-refractivity contribution < 1.29 is 0 Å². The fraction of sp³-hybridized carbons (Fsp3) is 0. The maximum Gasteiger partial charge on any atom is 0.0973 e. The molecule has 11 rings (SSSR count). The van der Waals surface area contributed by atoms with Crippen molar-refractivity contribution in [3.8, 4) is 39.3 Å². The fourth-order valence-electron chi connectivity index (χ4n) is 8.50. The molecular formula is C54H36N4. The molecule has 9 aromatic carbocycles.